The molecule has 3 unspecified atom stereocenters. The summed E-state index contributed by atoms with van der Waals surface area (Å²) in [7, 11) is 0. The van der Waals surface area contributed by atoms with Gasteiger partial charge >= 0.3 is 0 Å². The van der Waals surface area contributed by atoms with E-state index in [-0.39, 0.29) is 0 Å². The molecule has 3 heteroatoms. The van der Waals surface area contributed by atoms with Crippen molar-refractivity contribution >= 4 is 0 Å². The van der Waals surface area contributed by atoms with Crippen LogP contribution in [-0.2, 0) is 4.74 Å². The summed E-state index contributed by atoms with van der Waals surface area (Å²) >= 11 is 0. The van der Waals surface area contributed by atoms with Gasteiger partial charge in [0, 0.05) is 6.61 Å². The fourth-order valence-corrected chi connectivity index (χ4v) is 2.80. The van der Waals surface area contributed by atoms with Crippen LogP contribution in [0.5, 0.6) is 0 Å². The van der Waals surface area contributed by atoms with E-state index in [1.165, 1.54) is 0 Å². The molecule has 0 aromatic heterocycles. The van der Waals surface area contributed by atoms with Gasteiger partial charge in [0.1, 0.15) is 5.54 Å². The lowest BCUT2D eigenvalue weighted by molar-refractivity contribution is 0.0411. The van der Waals surface area contributed by atoms with Gasteiger partial charge in [-0.3, -0.25) is 0 Å². The van der Waals surface area contributed by atoms with E-state index in [4.69, 9.17) is 15.7 Å². The maximum Gasteiger partial charge on any atom is 0.107 e. The fraction of sp³-hybridized carbons (Fsp3) is 0.929. The molecule has 3 nitrogen and oxygen atoms in total. The van der Waals surface area contributed by atoms with E-state index >= 15 is 0 Å². The lowest BCUT2D eigenvalue weighted by Gasteiger charge is -2.24. The predicted molar refractivity (Wildman–Crippen MR) is 69.4 cm³/mol. The second-order valence-corrected chi connectivity index (χ2v) is 5.84. The Labute approximate surface area is 105 Å². The van der Waals surface area contributed by atoms with E-state index in [0.29, 0.717) is 17.9 Å². The van der Waals surface area contributed by atoms with Gasteiger partial charge in [-0.15, -0.1) is 0 Å². The van der Waals surface area contributed by atoms with Crippen LogP contribution in [0.1, 0.15) is 52.9 Å². The molecule has 1 aliphatic carbocycles. The molecular formula is C14H26N2O. The molecule has 0 aromatic carbocycles. The molecule has 3 atom stereocenters. The van der Waals surface area contributed by atoms with Gasteiger partial charge in [0.2, 0.25) is 0 Å². The van der Waals surface area contributed by atoms with Gasteiger partial charge in [0.25, 0.3) is 0 Å². The summed E-state index contributed by atoms with van der Waals surface area (Å²) in [5.74, 6) is 0.989. The first kappa shape index (κ1) is 14.5. The lowest BCUT2D eigenvalue weighted by Crippen LogP contribution is -2.42. The average molecular weight is 238 g/mol. The number of hydrogen-bond acceptors (Lipinski definition) is 3. The molecule has 2 N–H and O–H groups in total. The quantitative estimate of drug-likeness (QED) is 0.774. The molecule has 0 aliphatic heterocycles. The zero-order valence-corrected chi connectivity index (χ0v) is 11.4. The first-order chi connectivity index (χ1) is 7.98. The van der Waals surface area contributed by atoms with E-state index in [9.17, 15) is 0 Å². The largest absolute Gasteiger partial charge is 0.378 e. The summed E-state index contributed by atoms with van der Waals surface area (Å²) in [6.45, 7) is 7.27. The minimum absolute atomic E-state index is 0.311. The van der Waals surface area contributed by atoms with E-state index in [1.54, 1.807) is 0 Å². The Morgan fingerprint density at radius 1 is 1.47 bits per heavy atom. The van der Waals surface area contributed by atoms with Gasteiger partial charge < -0.3 is 10.5 Å². The Morgan fingerprint density at radius 3 is 2.76 bits per heavy atom. The molecule has 1 rings (SSSR count). The maximum atomic E-state index is 9.11. The molecule has 17 heavy (non-hydrogen) atoms. The van der Waals surface area contributed by atoms with Crippen molar-refractivity contribution in [3.63, 3.8) is 0 Å². The minimum Gasteiger partial charge on any atom is -0.378 e. The van der Waals surface area contributed by atoms with Gasteiger partial charge in [-0.25, -0.2) is 0 Å². The molecule has 1 saturated carbocycles. The molecule has 0 bridgehead atoms. The standard InChI is InChI=1S/C14H26N2O/c1-11(2)9-12(3)17-8-6-13-5-4-7-14(13,16)10-15/h11-13H,4-9,16H2,1-3H3. The smallest absolute Gasteiger partial charge is 0.107 e. The third-order valence-corrected chi connectivity index (χ3v) is 3.75. The second kappa shape index (κ2) is 6.37. The van der Waals surface area contributed by atoms with E-state index in [1.807, 2.05) is 0 Å². The van der Waals surface area contributed by atoms with Crippen molar-refractivity contribution in [1.29, 1.82) is 5.26 Å². The minimum atomic E-state index is -0.593. The first-order valence-electron chi connectivity index (χ1n) is 6.79. The summed E-state index contributed by atoms with van der Waals surface area (Å²) in [6.07, 6.45) is 5.33. The van der Waals surface area contributed by atoms with Crippen LogP contribution < -0.4 is 5.73 Å². The van der Waals surface area contributed by atoms with Crippen LogP contribution in [0.25, 0.3) is 0 Å². The highest BCUT2D eigenvalue weighted by Gasteiger charge is 2.39. The van der Waals surface area contributed by atoms with Crippen LogP contribution in [0.3, 0.4) is 0 Å². The van der Waals surface area contributed by atoms with Crippen LogP contribution in [0.2, 0.25) is 0 Å². The van der Waals surface area contributed by atoms with Crippen molar-refractivity contribution in [3.05, 3.63) is 0 Å². The molecule has 1 fully saturated rings. The molecular weight excluding hydrogens is 212 g/mol. The molecule has 98 valence electrons. The third-order valence-electron chi connectivity index (χ3n) is 3.75. The number of ether oxygens (including phenoxy) is 1. The maximum absolute atomic E-state index is 9.11. The normalized spacial score (nSPS) is 30.5. The molecule has 0 amide bonds. The highest BCUT2D eigenvalue weighted by Crippen LogP contribution is 2.35. The van der Waals surface area contributed by atoms with Crippen LogP contribution in [0.4, 0.5) is 0 Å². The molecule has 0 radical (unpaired) electrons. The fourth-order valence-electron chi connectivity index (χ4n) is 2.80. The monoisotopic (exact) mass is 238 g/mol. The number of rotatable bonds is 6. The summed E-state index contributed by atoms with van der Waals surface area (Å²) in [6, 6.07) is 2.28. The Bertz CT molecular complexity index is 272. The van der Waals surface area contributed by atoms with Crippen LogP contribution in [0.15, 0.2) is 0 Å². The van der Waals surface area contributed by atoms with E-state index < -0.39 is 5.54 Å². The highest BCUT2D eigenvalue weighted by molar-refractivity contribution is 5.11. The van der Waals surface area contributed by atoms with Gasteiger partial charge in [-0.2, -0.15) is 5.26 Å². The van der Waals surface area contributed by atoms with Crippen molar-refractivity contribution in [2.75, 3.05) is 6.61 Å². The van der Waals surface area contributed by atoms with Crippen LogP contribution in [-0.4, -0.2) is 18.2 Å². The van der Waals surface area contributed by atoms with Crippen LogP contribution in [0, 0.1) is 23.2 Å². The number of nitrogens with two attached hydrogens (primary N) is 1. The molecule has 0 spiro atoms. The Hall–Kier alpha value is -0.590. The van der Waals surface area contributed by atoms with Gasteiger partial charge in [-0.05, 0) is 44.4 Å². The van der Waals surface area contributed by atoms with Crippen molar-refractivity contribution in [1.82, 2.24) is 0 Å². The van der Waals surface area contributed by atoms with Gasteiger partial charge in [0.15, 0.2) is 0 Å². The molecule has 0 heterocycles. The van der Waals surface area contributed by atoms with Crippen molar-refractivity contribution < 1.29 is 4.74 Å². The summed E-state index contributed by atoms with van der Waals surface area (Å²) in [5, 5.41) is 9.11. The zero-order chi connectivity index (χ0) is 12.9. The number of nitrogens with zero attached hydrogens (tertiary/aromatic N) is 1. The third kappa shape index (κ3) is 4.29. The van der Waals surface area contributed by atoms with Gasteiger partial charge in [0.05, 0.1) is 12.2 Å². The zero-order valence-electron chi connectivity index (χ0n) is 11.4. The van der Waals surface area contributed by atoms with E-state index in [2.05, 4.69) is 26.8 Å². The van der Waals surface area contributed by atoms with Crippen molar-refractivity contribution in [2.45, 2.75) is 64.5 Å². The first-order valence-corrected chi connectivity index (χ1v) is 6.79. The molecule has 0 saturated heterocycles. The topological polar surface area (TPSA) is 59.0 Å². The predicted octanol–water partition coefficient (Wildman–Crippen LogP) is 2.85. The summed E-state index contributed by atoms with van der Waals surface area (Å²) < 4.78 is 5.79. The average Bonchev–Trinajstić information content (AvgIpc) is 2.60. The van der Waals surface area contributed by atoms with Crippen molar-refractivity contribution in [3.8, 4) is 6.07 Å². The van der Waals surface area contributed by atoms with E-state index in [0.717, 1.165) is 38.7 Å². The van der Waals surface area contributed by atoms with Gasteiger partial charge in [-0.1, -0.05) is 20.3 Å². The molecule has 1 aliphatic rings. The lowest BCUT2D eigenvalue weighted by atomic mass is 9.87. The van der Waals surface area contributed by atoms with Crippen molar-refractivity contribution in [2.24, 2.45) is 17.6 Å². The number of nitriles is 1. The summed E-state index contributed by atoms with van der Waals surface area (Å²) in [5.41, 5.74) is 5.49. The highest BCUT2D eigenvalue weighted by atomic mass is 16.5. The Kier molecular flexibility index (Phi) is 5.42. The van der Waals surface area contributed by atoms with Crippen LogP contribution >= 0.6 is 0 Å². The summed E-state index contributed by atoms with van der Waals surface area (Å²) in [4.78, 5) is 0. The Morgan fingerprint density at radius 2 is 2.18 bits per heavy atom. The Balaban J connectivity index is 2.25. The SMILES string of the molecule is CC(C)CC(C)OCCC1CCCC1(N)C#N. The number of hydrogen-bond donors (Lipinski definition) is 1. The second-order valence-electron chi connectivity index (χ2n) is 5.84. The molecule has 0 aromatic rings.